The minimum absolute atomic E-state index is 0.0594. The lowest BCUT2D eigenvalue weighted by Crippen LogP contribution is -2.55. The van der Waals surface area contributed by atoms with Gasteiger partial charge in [0.15, 0.2) is 0 Å². The maximum absolute atomic E-state index is 11.9. The number of carbonyl (C=O) groups excluding carboxylic acids is 1. The van der Waals surface area contributed by atoms with Crippen LogP contribution in [0.4, 0.5) is 5.69 Å². The molecule has 1 aromatic carbocycles. The first-order chi connectivity index (χ1) is 9.17. The van der Waals surface area contributed by atoms with Crippen molar-refractivity contribution in [1.29, 1.82) is 0 Å². The first-order valence-corrected chi connectivity index (χ1v) is 7.44. The molecule has 0 aliphatic carbocycles. The van der Waals surface area contributed by atoms with Gasteiger partial charge in [0.25, 0.3) is 0 Å². The first-order valence-electron chi connectivity index (χ1n) is 6.64. The summed E-state index contributed by atoms with van der Waals surface area (Å²) in [5.74, 6) is 0.129. The lowest BCUT2D eigenvalue weighted by molar-refractivity contribution is -0.123. The second-order valence-corrected chi connectivity index (χ2v) is 5.57. The molecule has 1 aromatic rings. The Hall–Kier alpha value is -1.07. The summed E-state index contributed by atoms with van der Waals surface area (Å²) < 4.78 is 1.08. The number of rotatable bonds is 4. The van der Waals surface area contributed by atoms with E-state index in [1.54, 1.807) is 0 Å². The molecule has 1 amide bonds. The summed E-state index contributed by atoms with van der Waals surface area (Å²) in [5, 5.41) is 6.07. The third kappa shape index (κ3) is 3.09. The Bertz CT molecular complexity index is 464. The van der Waals surface area contributed by atoms with Crippen molar-refractivity contribution in [2.75, 3.05) is 25.0 Å². The van der Waals surface area contributed by atoms with Crippen LogP contribution in [0, 0.1) is 0 Å². The van der Waals surface area contributed by atoms with Crippen molar-refractivity contribution >= 4 is 27.5 Å². The molecule has 2 rings (SSSR count). The molecule has 1 aliphatic heterocycles. The predicted molar refractivity (Wildman–Crippen MR) is 81.3 cm³/mol. The molecule has 1 heterocycles. The molecule has 0 radical (unpaired) electrons. The molecular weight excluding hydrogens is 306 g/mol. The Labute approximate surface area is 122 Å². The van der Waals surface area contributed by atoms with Crippen LogP contribution in [0.15, 0.2) is 22.7 Å². The highest BCUT2D eigenvalue weighted by atomic mass is 79.9. The van der Waals surface area contributed by atoms with Gasteiger partial charge in [-0.2, -0.15) is 0 Å². The summed E-state index contributed by atoms with van der Waals surface area (Å²) in [7, 11) is 1.93. The summed E-state index contributed by atoms with van der Waals surface area (Å²) >= 11 is 3.60. The van der Waals surface area contributed by atoms with E-state index in [0.717, 1.165) is 29.7 Å². The van der Waals surface area contributed by atoms with Gasteiger partial charge >= 0.3 is 0 Å². The van der Waals surface area contributed by atoms with Crippen LogP contribution in [-0.4, -0.2) is 32.1 Å². The molecule has 1 aliphatic rings. The Balaban J connectivity index is 2.25. The maximum Gasteiger partial charge on any atom is 0.242 e. The summed E-state index contributed by atoms with van der Waals surface area (Å²) in [6.07, 6.45) is 0.821. The van der Waals surface area contributed by atoms with Crippen molar-refractivity contribution in [1.82, 2.24) is 10.6 Å². The Morgan fingerprint density at radius 2 is 2.32 bits per heavy atom. The van der Waals surface area contributed by atoms with E-state index in [2.05, 4.69) is 49.7 Å². The molecule has 5 heteroatoms. The van der Waals surface area contributed by atoms with E-state index in [9.17, 15) is 4.79 Å². The normalized spacial score (nSPS) is 19.4. The fourth-order valence-electron chi connectivity index (χ4n) is 2.48. The van der Waals surface area contributed by atoms with Gasteiger partial charge in [-0.05, 0) is 31.2 Å². The fourth-order valence-corrected chi connectivity index (χ4v) is 2.99. The van der Waals surface area contributed by atoms with Gasteiger partial charge in [0.05, 0.1) is 0 Å². The van der Waals surface area contributed by atoms with Gasteiger partial charge in [-0.3, -0.25) is 4.79 Å². The summed E-state index contributed by atoms with van der Waals surface area (Å²) in [6, 6.07) is 6.25. The molecule has 2 N–H and O–H groups in total. The van der Waals surface area contributed by atoms with Crippen molar-refractivity contribution in [3.05, 3.63) is 28.2 Å². The van der Waals surface area contributed by atoms with Crippen molar-refractivity contribution in [2.45, 2.75) is 25.9 Å². The maximum atomic E-state index is 11.9. The van der Waals surface area contributed by atoms with Crippen molar-refractivity contribution in [3.8, 4) is 0 Å². The van der Waals surface area contributed by atoms with Gasteiger partial charge in [-0.25, -0.2) is 0 Å². The standard InChI is InChI=1S/C14H20BrN3O/c1-3-13-14(19)17-6-7-18(13)11-5-4-10(9-16-2)12(15)8-11/h4-5,8,13,16H,3,6-7,9H2,1-2H3,(H,17,19). The highest BCUT2D eigenvalue weighted by molar-refractivity contribution is 9.10. The number of hydrogen-bond acceptors (Lipinski definition) is 3. The van der Waals surface area contributed by atoms with Gasteiger partial charge in [-0.1, -0.05) is 28.9 Å². The van der Waals surface area contributed by atoms with Crippen LogP contribution in [-0.2, 0) is 11.3 Å². The second-order valence-electron chi connectivity index (χ2n) is 4.71. The number of anilines is 1. The molecule has 1 unspecified atom stereocenters. The fraction of sp³-hybridized carbons (Fsp3) is 0.500. The summed E-state index contributed by atoms with van der Waals surface area (Å²) in [5.41, 5.74) is 2.33. The highest BCUT2D eigenvalue weighted by Crippen LogP contribution is 2.27. The van der Waals surface area contributed by atoms with E-state index in [1.807, 2.05) is 14.0 Å². The van der Waals surface area contributed by atoms with Crippen LogP contribution in [0.3, 0.4) is 0 Å². The van der Waals surface area contributed by atoms with Gasteiger partial charge < -0.3 is 15.5 Å². The Morgan fingerprint density at radius 1 is 1.53 bits per heavy atom. The van der Waals surface area contributed by atoms with Crippen LogP contribution in [0.1, 0.15) is 18.9 Å². The van der Waals surface area contributed by atoms with E-state index >= 15 is 0 Å². The van der Waals surface area contributed by atoms with E-state index in [0.29, 0.717) is 6.54 Å². The molecule has 0 aromatic heterocycles. The number of carbonyl (C=O) groups is 1. The number of halogens is 1. The highest BCUT2D eigenvalue weighted by Gasteiger charge is 2.28. The minimum atomic E-state index is -0.0594. The van der Waals surface area contributed by atoms with Crippen LogP contribution in [0.2, 0.25) is 0 Å². The smallest absolute Gasteiger partial charge is 0.242 e. The molecule has 0 saturated carbocycles. The van der Waals surface area contributed by atoms with E-state index in [-0.39, 0.29) is 11.9 Å². The zero-order valence-electron chi connectivity index (χ0n) is 11.4. The molecule has 0 bridgehead atoms. The van der Waals surface area contributed by atoms with Crippen molar-refractivity contribution in [3.63, 3.8) is 0 Å². The van der Waals surface area contributed by atoms with Crippen LogP contribution >= 0.6 is 15.9 Å². The zero-order chi connectivity index (χ0) is 13.8. The van der Waals surface area contributed by atoms with Crippen molar-refractivity contribution < 1.29 is 4.79 Å². The number of piperazine rings is 1. The number of nitrogens with zero attached hydrogens (tertiary/aromatic N) is 1. The van der Waals surface area contributed by atoms with Gasteiger partial charge in [0, 0.05) is 29.8 Å². The Morgan fingerprint density at radius 3 is 2.95 bits per heavy atom. The molecule has 1 fully saturated rings. The molecule has 4 nitrogen and oxygen atoms in total. The Kier molecular flexibility index (Phi) is 4.82. The number of amides is 1. The lowest BCUT2D eigenvalue weighted by Gasteiger charge is -2.36. The van der Waals surface area contributed by atoms with E-state index in [1.165, 1.54) is 5.56 Å². The van der Waals surface area contributed by atoms with E-state index in [4.69, 9.17) is 0 Å². The third-order valence-electron chi connectivity index (χ3n) is 3.45. The summed E-state index contributed by atoms with van der Waals surface area (Å²) in [4.78, 5) is 14.1. The molecular formula is C14H20BrN3O. The monoisotopic (exact) mass is 325 g/mol. The number of nitrogens with one attached hydrogen (secondary N) is 2. The number of hydrogen-bond donors (Lipinski definition) is 2. The molecule has 104 valence electrons. The topological polar surface area (TPSA) is 44.4 Å². The molecule has 1 saturated heterocycles. The lowest BCUT2D eigenvalue weighted by atomic mass is 10.1. The molecule has 19 heavy (non-hydrogen) atoms. The average molecular weight is 326 g/mol. The average Bonchev–Trinajstić information content (AvgIpc) is 2.41. The van der Waals surface area contributed by atoms with Gasteiger partial charge in [0.2, 0.25) is 5.91 Å². The van der Waals surface area contributed by atoms with Gasteiger partial charge in [0.1, 0.15) is 6.04 Å². The van der Waals surface area contributed by atoms with E-state index < -0.39 is 0 Å². The first kappa shape index (κ1) is 14.3. The zero-order valence-corrected chi connectivity index (χ0v) is 13.0. The van der Waals surface area contributed by atoms with Crippen LogP contribution in [0.25, 0.3) is 0 Å². The van der Waals surface area contributed by atoms with Crippen molar-refractivity contribution in [2.24, 2.45) is 0 Å². The largest absolute Gasteiger partial charge is 0.358 e. The second kappa shape index (κ2) is 6.39. The SMILES string of the molecule is CCC1C(=O)NCCN1c1ccc(CNC)c(Br)c1. The quantitative estimate of drug-likeness (QED) is 0.888. The predicted octanol–water partition coefficient (Wildman–Crippen LogP) is 1.88. The minimum Gasteiger partial charge on any atom is -0.358 e. The third-order valence-corrected chi connectivity index (χ3v) is 4.19. The van der Waals surface area contributed by atoms with Crippen LogP contribution in [0.5, 0.6) is 0 Å². The van der Waals surface area contributed by atoms with Gasteiger partial charge in [-0.15, -0.1) is 0 Å². The number of benzene rings is 1. The molecule has 0 spiro atoms. The summed E-state index contributed by atoms with van der Waals surface area (Å²) in [6.45, 7) is 4.46. The van der Waals surface area contributed by atoms with Crippen LogP contribution < -0.4 is 15.5 Å². The molecule has 1 atom stereocenters.